The van der Waals surface area contributed by atoms with Crippen molar-refractivity contribution in [3.8, 4) is 0 Å². The molecule has 0 aliphatic carbocycles. The van der Waals surface area contributed by atoms with Crippen LogP contribution < -0.4 is 11.2 Å². The van der Waals surface area contributed by atoms with Crippen LogP contribution in [0, 0.1) is 0 Å². The van der Waals surface area contributed by atoms with E-state index in [2.05, 4.69) is 0 Å². The number of carbonyl (C=O) groups excluding carboxylic acids is 1. The Balaban J connectivity index is 2.32. The second-order valence-electron chi connectivity index (χ2n) is 4.33. The van der Waals surface area contributed by atoms with Gasteiger partial charge in [0, 0.05) is 19.2 Å². The number of H-pyrrole nitrogens is 1. The molecule has 2 heterocycles. The molecule has 0 aromatic carbocycles. The second kappa shape index (κ2) is 5.57. The van der Waals surface area contributed by atoms with Gasteiger partial charge in [-0.25, -0.2) is 4.79 Å². The van der Waals surface area contributed by atoms with Crippen molar-refractivity contribution in [3.63, 3.8) is 0 Å². The lowest BCUT2D eigenvalue weighted by molar-refractivity contribution is -0.153. The van der Waals surface area contributed by atoms with Crippen LogP contribution in [0.4, 0.5) is 0 Å². The van der Waals surface area contributed by atoms with Crippen molar-refractivity contribution >= 4 is 5.97 Å². The van der Waals surface area contributed by atoms with E-state index in [9.17, 15) is 24.6 Å². The molecular weight excluding hydrogens is 272 g/mol. The van der Waals surface area contributed by atoms with Gasteiger partial charge in [0.05, 0.1) is 6.61 Å². The van der Waals surface area contributed by atoms with Crippen LogP contribution in [0.3, 0.4) is 0 Å². The molecule has 0 saturated carbocycles. The standard InChI is InChI=1S/C11H14N2O7/c1-5(15)19-9-6(4-14)20-10(8(9)17)13-3-2-7(16)12-11(13)18/h2-3,6,8-10,14,17H,4H2,1H3,(H,12,16,18)/t6-,8?,9?,10-/m0/s1. The number of aromatic nitrogens is 2. The van der Waals surface area contributed by atoms with Gasteiger partial charge in [-0.2, -0.15) is 0 Å². The number of aromatic amines is 1. The number of hydrogen-bond acceptors (Lipinski definition) is 7. The van der Waals surface area contributed by atoms with Crippen LogP contribution in [0.2, 0.25) is 0 Å². The molecule has 1 aliphatic rings. The van der Waals surface area contributed by atoms with Gasteiger partial charge < -0.3 is 19.7 Å². The Morgan fingerprint density at radius 3 is 2.80 bits per heavy atom. The summed E-state index contributed by atoms with van der Waals surface area (Å²) in [5, 5.41) is 19.3. The topological polar surface area (TPSA) is 131 Å². The Labute approximate surface area is 112 Å². The van der Waals surface area contributed by atoms with E-state index in [4.69, 9.17) is 9.47 Å². The van der Waals surface area contributed by atoms with Crippen molar-refractivity contribution in [2.75, 3.05) is 6.61 Å². The summed E-state index contributed by atoms with van der Waals surface area (Å²) in [6.07, 6.45) is -3.42. The SMILES string of the molecule is CC(=O)OC1C(O)[C@@H](n2ccc(=O)[nH]c2=O)O[C@H]1CO. The first-order valence-electron chi connectivity index (χ1n) is 5.87. The minimum atomic E-state index is -1.35. The van der Waals surface area contributed by atoms with Gasteiger partial charge >= 0.3 is 11.7 Å². The number of hydrogen-bond donors (Lipinski definition) is 3. The molecular formula is C11H14N2O7. The molecule has 4 atom stereocenters. The largest absolute Gasteiger partial charge is 0.457 e. The average Bonchev–Trinajstić information content (AvgIpc) is 2.67. The molecule has 9 heteroatoms. The summed E-state index contributed by atoms with van der Waals surface area (Å²) in [5.41, 5.74) is -1.37. The first-order chi connectivity index (χ1) is 9.43. The third-order valence-electron chi connectivity index (χ3n) is 2.92. The fourth-order valence-corrected chi connectivity index (χ4v) is 2.06. The molecule has 110 valence electrons. The Kier molecular flexibility index (Phi) is 4.02. The van der Waals surface area contributed by atoms with Crippen molar-refractivity contribution < 1.29 is 24.5 Å². The van der Waals surface area contributed by atoms with Gasteiger partial charge in [-0.3, -0.25) is 19.1 Å². The molecule has 2 unspecified atom stereocenters. The maximum absolute atomic E-state index is 11.6. The molecule has 1 aromatic heterocycles. The number of rotatable bonds is 3. The minimum Gasteiger partial charge on any atom is -0.457 e. The van der Waals surface area contributed by atoms with Gasteiger partial charge in [0.25, 0.3) is 5.56 Å². The molecule has 2 rings (SSSR count). The zero-order valence-electron chi connectivity index (χ0n) is 10.6. The van der Waals surface area contributed by atoms with Crippen molar-refractivity contribution in [2.24, 2.45) is 0 Å². The smallest absolute Gasteiger partial charge is 0.330 e. The summed E-state index contributed by atoms with van der Waals surface area (Å²) in [6, 6.07) is 1.09. The van der Waals surface area contributed by atoms with Crippen LogP contribution >= 0.6 is 0 Å². The van der Waals surface area contributed by atoms with E-state index < -0.39 is 48.4 Å². The number of nitrogens with zero attached hydrogens (tertiary/aromatic N) is 1. The predicted molar refractivity (Wildman–Crippen MR) is 63.9 cm³/mol. The monoisotopic (exact) mass is 286 g/mol. The summed E-state index contributed by atoms with van der Waals surface area (Å²) in [4.78, 5) is 35.6. The van der Waals surface area contributed by atoms with Crippen molar-refractivity contribution in [1.82, 2.24) is 9.55 Å². The summed E-state index contributed by atoms with van der Waals surface area (Å²) < 4.78 is 11.1. The van der Waals surface area contributed by atoms with E-state index >= 15 is 0 Å². The summed E-state index contributed by atoms with van der Waals surface area (Å²) in [6.45, 7) is 0.657. The molecule has 1 aliphatic heterocycles. The molecule has 3 N–H and O–H groups in total. The predicted octanol–water partition coefficient (Wildman–Crippen LogP) is -2.28. The number of nitrogens with one attached hydrogen (secondary N) is 1. The van der Waals surface area contributed by atoms with Crippen LogP contribution in [-0.4, -0.2) is 50.7 Å². The highest BCUT2D eigenvalue weighted by molar-refractivity contribution is 5.66. The second-order valence-corrected chi connectivity index (χ2v) is 4.33. The van der Waals surface area contributed by atoms with Crippen LogP contribution in [-0.2, 0) is 14.3 Å². The highest BCUT2D eigenvalue weighted by atomic mass is 16.6. The maximum Gasteiger partial charge on any atom is 0.330 e. The lowest BCUT2D eigenvalue weighted by Gasteiger charge is -2.19. The van der Waals surface area contributed by atoms with Crippen molar-refractivity contribution in [2.45, 2.75) is 31.5 Å². The molecule has 1 fully saturated rings. The van der Waals surface area contributed by atoms with E-state index in [0.29, 0.717) is 0 Å². The van der Waals surface area contributed by atoms with Crippen molar-refractivity contribution in [1.29, 1.82) is 0 Å². The van der Waals surface area contributed by atoms with Crippen LogP contribution in [0.15, 0.2) is 21.9 Å². The third-order valence-corrected chi connectivity index (χ3v) is 2.92. The van der Waals surface area contributed by atoms with Gasteiger partial charge in [-0.05, 0) is 0 Å². The van der Waals surface area contributed by atoms with Gasteiger partial charge in [-0.15, -0.1) is 0 Å². The fourth-order valence-electron chi connectivity index (χ4n) is 2.06. The van der Waals surface area contributed by atoms with E-state index in [1.807, 2.05) is 4.98 Å². The van der Waals surface area contributed by atoms with E-state index in [0.717, 1.165) is 23.8 Å². The number of esters is 1. The normalized spacial score (nSPS) is 29.4. The summed E-state index contributed by atoms with van der Waals surface area (Å²) in [7, 11) is 0. The summed E-state index contributed by atoms with van der Waals surface area (Å²) in [5.74, 6) is -0.648. The number of aliphatic hydroxyl groups excluding tert-OH is 2. The molecule has 20 heavy (non-hydrogen) atoms. The Morgan fingerprint density at radius 2 is 2.25 bits per heavy atom. The molecule has 0 bridgehead atoms. The van der Waals surface area contributed by atoms with E-state index in [1.54, 1.807) is 0 Å². The van der Waals surface area contributed by atoms with Gasteiger partial charge in [0.1, 0.15) is 12.2 Å². The fraction of sp³-hybridized carbons (Fsp3) is 0.545. The third kappa shape index (κ3) is 2.64. The minimum absolute atomic E-state index is 0.496. The number of aliphatic hydroxyl groups is 2. The first-order valence-corrected chi connectivity index (χ1v) is 5.87. The van der Waals surface area contributed by atoms with Gasteiger partial charge in [-0.1, -0.05) is 0 Å². The summed E-state index contributed by atoms with van der Waals surface area (Å²) >= 11 is 0. The highest BCUT2D eigenvalue weighted by Crippen LogP contribution is 2.30. The van der Waals surface area contributed by atoms with E-state index in [-0.39, 0.29) is 0 Å². The Bertz CT molecular complexity index is 607. The van der Waals surface area contributed by atoms with E-state index in [1.165, 1.54) is 0 Å². The zero-order chi connectivity index (χ0) is 14.9. The van der Waals surface area contributed by atoms with Crippen LogP contribution in [0.5, 0.6) is 0 Å². The van der Waals surface area contributed by atoms with Gasteiger partial charge in [0.15, 0.2) is 12.3 Å². The Hall–Kier alpha value is -1.97. The molecule has 0 amide bonds. The van der Waals surface area contributed by atoms with Gasteiger partial charge in [0.2, 0.25) is 0 Å². The van der Waals surface area contributed by atoms with Crippen LogP contribution in [0.1, 0.15) is 13.2 Å². The lowest BCUT2D eigenvalue weighted by atomic mass is 10.1. The average molecular weight is 286 g/mol. The highest BCUT2D eigenvalue weighted by Gasteiger charge is 2.46. The molecule has 1 saturated heterocycles. The Morgan fingerprint density at radius 1 is 1.55 bits per heavy atom. The number of carbonyl (C=O) groups is 1. The molecule has 1 aromatic rings. The molecule has 0 radical (unpaired) electrons. The van der Waals surface area contributed by atoms with Crippen LogP contribution in [0.25, 0.3) is 0 Å². The maximum atomic E-state index is 11.6. The quantitative estimate of drug-likeness (QED) is 0.533. The zero-order valence-corrected chi connectivity index (χ0v) is 10.6. The molecule has 0 spiro atoms. The number of ether oxygens (including phenoxy) is 2. The lowest BCUT2D eigenvalue weighted by Crippen LogP contribution is -2.39. The first kappa shape index (κ1) is 14.4. The van der Waals surface area contributed by atoms with Crippen molar-refractivity contribution in [3.05, 3.63) is 33.1 Å². The molecule has 9 nitrogen and oxygen atoms in total.